The summed E-state index contributed by atoms with van der Waals surface area (Å²) in [6.07, 6.45) is 0. The molecule has 1 N–H and O–H groups in total. The SMILES string of the molecule is CNCc1cccc(SCc2sccc2Br)c1. The van der Waals surface area contributed by atoms with Crippen molar-refractivity contribution in [3.63, 3.8) is 0 Å². The smallest absolute Gasteiger partial charge is 0.0337 e. The average Bonchev–Trinajstić information content (AvgIpc) is 2.73. The quantitative estimate of drug-likeness (QED) is 0.810. The number of thiophene rings is 1. The topological polar surface area (TPSA) is 12.0 Å². The van der Waals surface area contributed by atoms with Crippen LogP contribution >= 0.6 is 39.0 Å². The standard InChI is InChI=1S/C13H14BrNS2/c1-15-8-10-3-2-4-11(7-10)17-9-13-12(14)5-6-16-13/h2-7,15H,8-9H2,1H3. The minimum Gasteiger partial charge on any atom is -0.316 e. The van der Waals surface area contributed by atoms with Crippen LogP contribution in [-0.4, -0.2) is 7.05 Å². The molecule has 0 radical (unpaired) electrons. The number of hydrogen-bond acceptors (Lipinski definition) is 3. The number of nitrogens with one attached hydrogen (secondary N) is 1. The van der Waals surface area contributed by atoms with Crippen molar-refractivity contribution >= 4 is 39.0 Å². The second-order valence-electron chi connectivity index (χ2n) is 3.66. The fourth-order valence-electron chi connectivity index (χ4n) is 1.53. The predicted molar refractivity (Wildman–Crippen MR) is 80.8 cm³/mol. The molecule has 1 aromatic carbocycles. The van der Waals surface area contributed by atoms with Crippen LogP contribution in [0.4, 0.5) is 0 Å². The van der Waals surface area contributed by atoms with E-state index in [-0.39, 0.29) is 0 Å². The summed E-state index contributed by atoms with van der Waals surface area (Å²) in [7, 11) is 1.97. The van der Waals surface area contributed by atoms with Gasteiger partial charge >= 0.3 is 0 Å². The van der Waals surface area contributed by atoms with E-state index in [4.69, 9.17) is 0 Å². The van der Waals surface area contributed by atoms with E-state index < -0.39 is 0 Å². The Hall–Kier alpha value is -0.290. The number of benzene rings is 1. The molecule has 0 atom stereocenters. The Balaban J connectivity index is 1.99. The fourth-order valence-corrected chi connectivity index (χ4v) is 4.30. The summed E-state index contributed by atoms with van der Waals surface area (Å²) < 4.78 is 1.22. The molecule has 4 heteroatoms. The molecule has 17 heavy (non-hydrogen) atoms. The van der Waals surface area contributed by atoms with Crippen LogP contribution < -0.4 is 5.32 Å². The Morgan fingerprint density at radius 1 is 1.35 bits per heavy atom. The molecule has 2 aromatic rings. The van der Waals surface area contributed by atoms with Crippen LogP contribution in [0.1, 0.15) is 10.4 Å². The van der Waals surface area contributed by atoms with Gasteiger partial charge in [-0.2, -0.15) is 0 Å². The second kappa shape index (κ2) is 6.59. The summed E-state index contributed by atoms with van der Waals surface area (Å²) in [4.78, 5) is 2.73. The third-order valence-corrected chi connectivity index (χ3v) is 5.47. The van der Waals surface area contributed by atoms with Gasteiger partial charge in [0.15, 0.2) is 0 Å². The number of hydrogen-bond donors (Lipinski definition) is 1. The van der Waals surface area contributed by atoms with Gasteiger partial charge in [-0.05, 0) is 52.1 Å². The van der Waals surface area contributed by atoms with Gasteiger partial charge < -0.3 is 5.32 Å². The lowest BCUT2D eigenvalue weighted by molar-refractivity contribution is 0.815. The first-order valence-electron chi connectivity index (χ1n) is 5.38. The molecule has 0 bridgehead atoms. The van der Waals surface area contributed by atoms with Crippen molar-refractivity contribution in [1.82, 2.24) is 5.32 Å². The zero-order valence-corrected chi connectivity index (χ0v) is 12.8. The van der Waals surface area contributed by atoms with Crippen LogP contribution in [0.3, 0.4) is 0 Å². The zero-order valence-electron chi connectivity index (χ0n) is 9.57. The first-order valence-corrected chi connectivity index (χ1v) is 8.03. The maximum absolute atomic E-state index is 3.57. The van der Waals surface area contributed by atoms with Crippen molar-refractivity contribution in [1.29, 1.82) is 0 Å². The van der Waals surface area contributed by atoms with Crippen molar-refractivity contribution in [2.75, 3.05) is 7.05 Å². The molecule has 1 nitrogen and oxygen atoms in total. The van der Waals surface area contributed by atoms with Crippen LogP contribution in [0.2, 0.25) is 0 Å². The van der Waals surface area contributed by atoms with Crippen molar-refractivity contribution in [3.8, 4) is 0 Å². The Morgan fingerprint density at radius 2 is 2.24 bits per heavy atom. The molecule has 0 aliphatic heterocycles. The highest BCUT2D eigenvalue weighted by atomic mass is 79.9. The van der Waals surface area contributed by atoms with Gasteiger partial charge in [-0.25, -0.2) is 0 Å². The van der Waals surface area contributed by atoms with E-state index in [0.717, 1.165) is 12.3 Å². The number of halogens is 1. The van der Waals surface area contributed by atoms with Gasteiger partial charge in [0.05, 0.1) is 0 Å². The Bertz CT molecular complexity index is 482. The normalized spacial score (nSPS) is 10.7. The van der Waals surface area contributed by atoms with Gasteiger partial charge in [-0.1, -0.05) is 12.1 Å². The first-order chi connectivity index (χ1) is 8.29. The molecule has 0 aliphatic rings. The van der Waals surface area contributed by atoms with Crippen LogP contribution in [0.25, 0.3) is 0 Å². The molecular weight excluding hydrogens is 314 g/mol. The van der Waals surface area contributed by atoms with Crippen LogP contribution in [0, 0.1) is 0 Å². The lowest BCUT2D eigenvalue weighted by Gasteiger charge is -2.04. The molecule has 2 rings (SSSR count). The van der Waals surface area contributed by atoms with Crippen molar-refractivity contribution in [2.45, 2.75) is 17.2 Å². The van der Waals surface area contributed by atoms with Gasteiger partial charge in [0, 0.05) is 26.5 Å². The molecule has 0 aliphatic carbocycles. The van der Waals surface area contributed by atoms with Gasteiger partial charge in [0.1, 0.15) is 0 Å². The molecule has 0 unspecified atom stereocenters. The molecule has 90 valence electrons. The van der Waals surface area contributed by atoms with E-state index in [1.54, 1.807) is 11.3 Å². The number of rotatable bonds is 5. The van der Waals surface area contributed by atoms with Gasteiger partial charge in [-0.3, -0.25) is 0 Å². The highest BCUT2D eigenvalue weighted by molar-refractivity contribution is 9.10. The molecule has 0 amide bonds. The molecule has 1 heterocycles. The Labute approximate surface area is 119 Å². The van der Waals surface area contributed by atoms with Gasteiger partial charge in [-0.15, -0.1) is 23.1 Å². The first kappa shape index (κ1) is 13.1. The third kappa shape index (κ3) is 3.85. The monoisotopic (exact) mass is 327 g/mol. The van der Waals surface area contributed by atoms with Crippen molar-refractivity contribution in [3.05, 3.63) is 50.6 Å². The van der Waals surface area contributed by atoms with Crippen molar-refractivity contribution < 1.29 is 0 Å². The highest BCUT2D eigenvalue weighted by Gasteiger charge is 2.02. The summed E-state index contributed by atoms with van der Waals surface area (Å²) in [6, 6.07) is 10.8. The molecule has 0 saturated carbocycles. The van der Waals surface area contributed by atoms with Gasteiger partial charge in [0.2, 0.25) is 0 Å². The second-order valence-corrected chi connectivity index (χ2v) is 6.56. The highest BCUT2D eigenvalue weighted by Crippen LogP contribution is 2.30. The molecule has 0 saturated heterocycles. The van der Waals surface area contributed by atoms with E-state index in [2.05, 4.69) is 57.0 Å². The van der Waals surface area contributed by atoms with E-state index in [9.17, 15) is 0 Å². The maximum atomic E-state index is 3.57. The summed E-state index contributed by atoms with van der Waals surface area (Å²) in [5.74, 6) is 1.03. The van der Waals surface area contributed by atoms with E-state index >= 15 is 0 Å². The maximum Gasteiger partial charge on any atom is 0.0337 e. The van der Waals surface area contributed by atoms with Crippen molar-refractivity contribution in [2.24, 2.45) is 0 Å². The Kier molecular flexibility index (Phi) is 5.10. The largest absolute Gasteiger partial charge is 0.316 e. The minimum absolute atomic E-state index is 0.928. The average molecular weight is 328 g/mol. The fraction of sp³-hybridized carbons (Fsp3) is 0.231. The van der Waals surface area contributed by atoms with Gasteiger partial charge in [0.25, 0.3) is 0 Å². The summed E-state index contributed by atoms with van der Waals surface area (Å²) in [5, 5.41) is 5.30. The summed E-state index contributed by atoms with van der Waals surface area (Å²) in [6.45, 7) is 0.928. The van der Waals surface area contributed by atoms with Crippen LogP contribution in [0.15, 0.2) is 45.1 Å². The number of thioether (sulfide) groups is 1. The molecular formula is C13H14BrNS2. The molecule has 0 fully saturated rings. The minimum atomic E-state index is 0.928. The lowest BCUT2D eigenvalue weighted by Crippen LogP contribution is -2.04. The predicted octanol–water partition coefficient (Wildman–Crippen LogP) is 4.52. The third-order valence-electron chi connectivity index (χ3n) is 2.34. The van der Waals surface area contributed by atoms with Crippen LogP contribution in [0.5, 0.6) is 0 Å². The zero-order chi connectivity index (χ0) is 12.1. The van der Waals surface area contributed by atoms with E-state index in [1.165, 1.54) is 19.8 Å². The molecule has 1 aromatic heterocycles. The van der Waals surface area contributed by atoms with E-state index in [1.807, 2.05) is 18.8 Å². The van der Waals surface area contributed by atoms with E-state index in [0.29, 0.717) is 0 Å². The summed E-state index contributed by atoms with van der Waals surface area (Å²) in [5.41, 5.74) is 1.34. The summed E-state index contributed by atoms with van der Waals surface area (Å²) >= 11 is 7.25. The molecule has 0 spiro atoms. The van der Waals surface area contributed by atoms with Crippen LogP contribution in [-0.2, 0) is 12.3 Å². The lowest BCUT2D eigenvalue weighted by atomic mass is 10.2. The Morgan fingerprint density at radius 3 is 2.94 bits per heavy atom.